The maximum Gasteiger partial charge on any atom is 0.258 e. The molecule has 1 amide bonds. The number of amides is 1. The minimum Gasteiger partial charge on any atom is -0.466 e. The molecule has 0 aliphatic carbocycles. The van der Waals surface area contributed by atoms with E-state index in [9.17, 15) is 13.2 Å². The highest BCUT2D eigenvalue weighted by molar-refractivity contribution is 7.91. The van der Waals surface area contributed by atoms with Crippen molar-refractivity contribution in [3.63, 3.8) is 0 Å². The van der Waals surface area contributed by atoms with E-state index in [1.165, 1.54) is 0 Å². The lowest BCUT2D eigenvalue weighted by molar-refractivity contribution is -0.123. The highest BCUT2D eigenvalue weighted by Crippen LogP contribution is 2.32. The molecule has 0 bridgehead atoms. The Kier molecular flexibility index (Phi) is 5.42. The van der Waals surface area contributed by atoms with Crippen molar-refractivity contribution in [1.29, 1.82) is 0 Å². The number of hydrogen-bond acceptors (Lipinski definition) is 6. The largest absolute Gasteiger partial charge is 0.466 e. The van der Waals surface area contributed by atoms with E-state index in [4.69, 9.17) is 4.74 Å². The van der Waals surface area contributed by atoms with Gasteiger partial charge in [-0.25, -0.2) is 8.42 Å². The van der Waals surface area contributed by atoms with E-state index >= 15 is 0 Å². The number of nitrogens with one attached hydrogen (secondary N) is 1. The van der Waals surface area contributed by atoms with Crippen molar-refractivity contribution in [3.05, 3.63) is 53.6 Å². The normalized spacial score (nSPS) is 17.7. The molecule has 156 valence electrons. The molecule has 2 aromatic carbocycles. The minimum absolute atomic E-state index is 0.0218. The molecule has 1 saturated heterocycles. The van der Waals surface area contributed by atoms with Crippen molar-refractivity contribution in [2.24, 2.45) is 0 Å². The van der Waals surface area contributed by atoms with Crippen LogP contribution in [0.4, 0.5) is 0 Å². The summed E-state index contributed by atoms with van der Waals surface area (Å²) >= 11 is 0. The summed E-state index contributed by atoms with van der Waals surface area (Å²) in [5.74, 6) is -0.0173. The van der Waals surface area contributed by atoms with E-state index in [2.05, 4.69) is 33.7 Å². The summed E-state index contributed by atoms with van der Waals surface area (Å²) in [5.41, 5.74) is 4.00. The van der Waals surface area contributed by atoms with E-state index in [0.29, 0.717) is 6.42 Å². The first kappa shape index (κ1) is 20.3. The first-order valence-corrected chi connectivity index (χ1v) is 11.6. The summed E-state index contributed by atoms with van der Waals surface area (Å²) in [6.07, 6.45) is 0.432. The van der Waals surface area contributed by atoms with Crippen LogP contribution in [-0.2, 0) is 14.6 Å². The highest BCUT2D eigenvalue weighted by atomic mass is 32.2. The summed E-state index contributed by atoms with van der Waals surface area (Å²) in [4.78, 5) is 12.2. The van der Waals surface area contributed by atoms with Crippen LogP contribution in [0.2, 0.25) is 0 Å². The predicted octanol–water partition coefficient (Wildman–Crippen LogP) is 2.60. The molecule has 4 rings (SSSR count). The molecular formula is C22H23N3O4S. The zero-order valence-corrected chi connectivity index (χ0v) is 17.7. The monoisotopic (exact) mass is 425 g/mol. The quantitative estimate of drug-likeness (QED) is 0.675. The molecule has 0 unspecified atom stereocenters. The van der Waals surface area contributed by atoms with Crippen LogP contribution in [0.3, 0.4) is 0 Å². The number of benzene rings is 2. The fourth-order valence-electron chi connectivity index (χ4n) is 3.69. The number of aromatic nitrogens is 2. The van der Waals surface area contributed by atoms with Crippen molar-refractivity contribution in [2.45, 2.75) is 26.3 Å². The van der Waals surface area contributed by atoms with Gasteiger partial charge >= 0.3 is 0 Å². The van der Waals surface area contributed by atoms with Gasteiger partial charge in [0.1, 0.15) is 5.69 Å². The molecule has 2 heterocycles. The number of aryl methyl sites for hydroxylation is 2. The fraction of sp³-hybridized carbons (Fsp3) is 0.318. The zero-order chi connectivity index (χ0) is 21.3. The van der Waals surface area contributed by atoms with E-state index < -0.39 is 9.84 Å². The Morgan fingerprint density at radius 2 is 1.90 bits per heavy atom. The number of fused-ring (bicyclic) bond motifs is 1. The second-order valence-electron chi connectivity index (χ2n) is 7.67. The third-order valence-electron chi connectivity index (χ3n) is 5.24. The first-order valence-electron chi connectivity index (χ1n) is 9.78. The summed E-state index contributed by atoms with van der Waals surface area (Å²) in [6, 6.07) is 13.5. The summed E-state index contributed by atoms with van der Waals surface area (Å²) in [5, 5.41) is 13.0. The topological polar surface area (TPSA) is 98.2 Å². The van der Waals surface area contributed by atoms with Crippen molar-refractivity contribution in [3.8, 4) is 17.1 Å². The van der Waals surface area contributed by atoms with Gasteiger partial charge in [-0.1, -0.05) is 35.9 Å². The number of hydrogen-bond donors (Lipinski definition) is 1. The number of rotatable bonds is 5. The molecule has 1 N–H and O–H groups in total. The predicted molar refractivity (Wildman–Crippen MR) is 115 cm³/mol. The number of nitrogens with zero attached hydrogens (tertiary/aromatic N) is 2. The van der Waals surface area contributed by atoms with Crippen molar-refractivity contribution in [2.75, 3.05) is 18.1 Å². The molecule has 3 aromatic rings. The number of carbonyl (C=O) groups excluding carboxylic acids is 1. The molecule has 1 atom stereocenters. The molecule has 1 aliphatic rings. The molecule has 0 saturated carbocycles. The van der Waals surface area contributed by atoms with Gasteiger partial charge in [-0.3, -0.25) is 4.79 Å². The summed E-state index contributed by atoms with van der Waals surface area (Å²) in [7, 11) is -3.05. The molecule has 1 aliphatic heterocycles. The van der Waals surface area contributed by atoms with Crippen molar-refractivity contribution >= 4 is 26.5 Å². The van der Waals surface area contributed by atoms with Gasteiger partial charge in [-0.05, 0) is 38.0 Å². The second kappa shape index (κ2) is 8.02. The fourth-order valence-corrected chi connectivity index (χ4v) is 5.36. The van der Waals surface area contributed by atoms with Crippen LogP contribution in [0.15, 0.2) is 42.5 Å². The summed E-state index contributed by atoms with van der Waals surface area (Å²) < 4.78 is 28.7. The molecule has 7 nitrogen and oxygen atoms in total. The average Bonchev–Trinajstić information content (AvgIpc) is 3.06. The van der Waals surface area contributed by atoms with Crippen LogP contribution < -0.4 is 10.1 Å². The Hall–Kier alpha value is -3.00. The van der Waals surface area contributed by atoms with Crippen LogP contribution in [0.5, 0.6) is 5.88 Å². The zero-order valence-electron chi connectivity index (χ0n) is 16.9. The minimum atomic E-state index is -3.05. The third kappa shape index (κ3) is 4.28. The van der Waals surface area contributed by atoms with Gasteiger partial charge in [0.2, 0.25) is 5.88 Å². The molecule has 8 heteroatoms. The lowest BCUT2D eigenvalue weighted by Crippen LogP contribution is -2.38. The number of sulfone groups is 1. The van der Waals surface area contributed by atoms with E-state index in [-0.39, 0.29) is 35.9 Å². The van der Waals surface area contributed by atoms with Gasteiger partial charge in [0.25, 0.3) is 5.91 Å². The molecule has 0 spiro atoms. The SMILES string of the molecule is Cc1ccc(C)c(-c2nnc(OCC(=O)N[C@@H]3CCS(=O)(=O)C3)c3ccccc23)c1. The van der Waals surface area contributed by atoms with Crippen LogP contribution in [0, 0.1) is 13.8 Å². The summed E-state index contributed by atoms with van der Waals surface area (Å²) in [6.45, 7) is 3.81. The van der Waals surface area contributed by atoms with Crippen LogP contribution in [0.25, 0.3) is 22.0 Å². The maximum atomic E-state index is 12.2. The Morgan fingerprint density at radius 1 is 1.13 bits per heavy atom. The second-order valence-corrected chi connectivity index (χ2v) is 9.90. The standard InChI is InChI=1S/C22H23N3O4S/c1-14-7-8-15(2)19(11-14)21-17-5-3-4-6-18(17)22(25-24-21)29-12-20(26)23-16-9-10-30(27,28)13-16/h3-8,11,16H,9-10,12-13H2,1-2H3,(H,23,26)/t16-/m1/s1. The lowest BCUT2D eigenvalue weighted by atomic mass is 9.99. The van der Waals surface area contributed by atoms with E-state index in [0.717, 1.165) is 33.2 Å². The van der Waals surface area contributed by atoms with Gasteiger partial charge in [-0.15, -0.1) is 10.2 Å². The van der Waals surface area contributed by atoms with E-state index in [1.54, 1.807) is 0 Å². The molecule has 30 heavy (non-hydrogen) atoms. The smallest absolute Gasteiger partial charge is 0.258 e. The maximum absolute atomic E-state index is 12.2. The van der Waals surface area contributed by atoms with Gasteiger partial charge in [0.15, 0.2) is 16.4 Å². The van der Waals surface area contributed by atoms with Crippen molar-refractivity contribution < 1.29 is 17.9 Å². The van der Waals surface area contributed by atoms with Crippen molar-refractivity contribution in [1.82, 2.24) is 15.5 Å². The third-order valence-corrected chi connectivity index (χ3v) is 7.01. The van der Waals surface area contributed by atoms with Gasteiger partial charge in [0, 0.05) is 22.4 Å². The van der Waals surface area contributed by atoms with Crippen LogP contribution in [-0.4, -0.2) is 48.7 Å². The Labute approximate surface area is 175 Å². The van der Waals surface area contributed by atoms with Gasteiger partial charge in [0.05, 0.1) is 11.5 Å². The highest BCUT2D eigenvalue weighted by Gasteiger charge is 2.29. The van der Waals surface area contributed by atoms with Crippen LogP contribution in [0.1, 0.15) is 17.5 Å². The Balaban J connectivity index is 1.56. The first-order chi connectivity index (χ1) is 14.3. The van der Waals surface area contributed by atoms with Gasteiger partial charge in [-0.2, -0.15) is 0 Å². The average molecular weight is 426 g/mol. The molecular weight excluding hydrogens is 402 g/mol. The molecule has 1 fully saturated rings. The Morgan fingerprint density at radius 3 is 2.63 bits per heavy atom. The lowest BCUT2D eigenvalue weighted by Gasteiger charge is -2.14. The van der Waals surface area contributed by atoms with Gasteiger partial charge < -0.3 is 10.1 Å². The van der Waals surface area contributed by atoms with E-state index in [1.807, 2.05) is 38.1 Å². The number of carbonyl (C=O) groups is 1. The van der Waals surface area contributed by atoms with Crippen LogP contribution >= 0.6 is 0 Å². The number of ether oxygens (including phenoxy) is 1. The molecule has 1 aromatic heterocycles. The Bertz CT molecular complexity index is 1220. The molecule has 0 radical (unpaired) electrons.